The van der Waals surface area contributed by atoms with Crippen LogP contribution in [0.5, 0.6) is 0 Å². The number of anilines is 1. The molecule has 150 valence electrons. The highest BCUT2D eigenvalue weighted by atomic mass is 32.1. The Morgan fingerprint density at radius 3 is 2.64 bits per heavy atom. The lowest BCUT2D eigenvalue weighted by Gasteiger charge is -2.49. The molecule has 5 heterocycles. The number of pyridine rings is 1. The van der Waals surface area contributed by atoms with Crippen molar-refractivity contribution in [1.82, 2.24) is 15.2 Å². The monoisotopic (exact) mass is 412 g/mol. The van der Waals surface area contributed by atoms with E-state index in [1.54, 1.807) is 0 Å². The number of carbonyl (C=O) groups excluding carboxylic acids is 2. The number of piperidine rings is 3. The molecule has 2 aromatic rings. The van der Waals surface area contributed by atoms with E-state index in [9.17, 15) is 22.8 Å². The minimum absolute atomic E-state index is 0.0231. The van der Waals surface area contributed by atoms with Crippen LogP contribution in [0.15, 0.2) is 17.6 Å². The summed E-state index contributed by atoms with van der Waals surface area (Å²) in [7, 11) is 0. The van der Waals surface area contributed by atoms with Crippen LogP contribution in [0.1, 0.15) is 30.3 Å². The van der Waals surface area contributed by atoms with Crippen LogP contribution in [0.2, 0.25) is 0 Å². The largest absolute Gasteiger partial charge is 0.471 e. The third-order valence-corrected chi connectivity index (χ3v) is 6.61. The van der Waals surface area contributed by atoms with E-state index in [0.29, 0.717) is 16.0 Å². The lowest BCUT2D eigenvalue weighted by molar-refractivity contribution is -0.167. The van der Waals surface area contributed by atoms with Gasteiger partial charge in [0.25, 0.3) is 5.91 Å². The van der Waals surface area contributed by atoms with E-state index in [0.717, 1.165) is 37.3 Å². The summed E-state index contributed by atoms with van der Waals surface area (Å²) >= 11 is 1.15. The Bertz CT molecular complexity index is 919. The molecular weight excluding hydrogens is 393 g/mol. The predicted molar refractivity (Wildman–Crippen MR) is 99.3 cm³/mol. The lowest BCUT2D eigenvalue weighted by Crippen LogP contribution is -2.62. The van der Waals surface area contributed by atoms with Gasteiger partial charge in [0.2, 0.25) is 0 Å². The number of carbonyl (C=O) groups is 2. The minimum Gasteiger partial charge on any atom is -0.346 e. The highest BCUT2D eigenvalue weighted by molar-refractivity contribution is 7.17. The lowest BCUT2D eigenvalue weighted by atomic mass is 9.79. The fourth-order valence-corrected chi connectivity index (χ4v) is 4.96. The molecule has 0 unspecified atom stereocenters. The standard InChI is InChI=1S/C18H19F3N4O2S/c1-9-15(10-2-4-25(9)5-3-10)24-16(26)12-6-11-13(8-28-14(11)7-22-12)23-17(27)18(19,20)21/h6-10,15H,2-5H2,1H3,(H,23,27)(H,24,26)/t9-,15-/m0/s1. The number of nitrogens with zero attached hydrogens (tertiary/aromatic N) is 2. The number of aromatic nitrogens is 1. The topological polar surface area (TPSA) is 74.3 Å². The second-order valence-electron chi connectivity index (χ2n) is 7.28. The van der Waals surface area contributed by atoms with Gasteiger partial charge in [-0.05, 0) is 44.8 Å². The van der Waals surface area contributed by atoms with Crippen molar-refractivity contribution < 1.29 is 22.8 Å². The number of fused-ring (bicyclic) bond motifs is 4. The zero-order chi connectivity index (χ0) is 20.1. The summed E-state index contributed by atoms with van der Waals surface area (Å²) in [5, 5.41) is 6.69. The van der Waals surface area contributed by atoms with Gasteiger partial charge in [-0.2, -0.15) is 13.2 Å². The SMILES string of the molecule is C[C@H]1[C@H](NC(=O)c2cc3c(NC(=O)C(F)(F)F)csc3cn2)C2CCN1CC2. The zero-order valence-corrected chi connectivity index (χ0v) is 15.9. The molecule has 2 N–H and O–H groups in total. The predicted octanol–water partition coefficient (Wildman–Crippen LogP) is 3.01. The molecule has 0 spiro atoms. The first-order chi connectivity index (χ1) is 13.2. The average Bonchev–Trinajstić information content (AvgIpc) is 3.06. The van der Waals surface area contributed by atoms with Gasteiger partial charge in [-0.15, -0.1) is 11.3 Å². The van der Waals surface area contributed by atoms with Gasteiger partial charge in [-0.25, -0.2) is 4.98 Å². The van der Waals surface area contributed by atoms with Gasteiger partial charge in [0.05, 0.1) is 10.4 Å². The van der Waals surface area contributed by atoms with E-state index in [-0.39, 0.29) is 29.4 Å². The fourth-order valence-electron chi connectivity index (χ4n) is 4.12. The Morgan fingerprint density at radius 2 is 2.00 bits per heavy atom. The molecule has 10 heteroatoms. The van der Waals surface area contributed by atoms with E-state index >= 15 is 0 Å². The summed E-state index contributed by atoms with van der Waals surface area (Å²) in [5.74, 6) is -1.97. The molecule has 6 nitrogen and oxygen atoms in total. The van der Waals surface area contributed by atoms with Gasteiger partial charge in [0, 0.05) is 29.0 Å². The van der Waals surface area contributed by atoms with Crippen molar-refractivity contribution in [2.45, 2.75) is 38.0 Å². The Kier molecular flexibility index (Phi) is 4.78. The zero-order valence-electron chi connectivity index (χ0n) is 15.0. The summed E-state index contributed by atoms with van der Waals surface area (Å²) in [5.41, 5.74) is 0.145. The van der Waals surface area contributed by atoms with Gasteiger partial charge in [-0.1, -0.05) is 0 Å². The van der Waals surface area contributed by atoms with Crippen LogP contribution in [0, 0.1) is 5.92 Å². The van der Waals surface area contributed by atoms with E-state index in [4.69, 9.17) is 0 Å². The van der Waals surface area contributed by atoms with Crippen molar-refractivity contribution in [2.75, 3.05) is 18.4 Å². The average molecular weight is 412 g/mol. The van der Waals surface area contributed by atoms with E-state index in [2.05, 4.69) is 22.1 Å². The van der Waals surface area contributed by atoms with Crippen molar-refractivity contribution in [1.29, 1.82) is 0 Å². The van der Waals surface area contributed by atoms with Gasteiger partial charge in [-0.3, -0.25) is 14.5 Å². The Balaban J connectivity index is 1.55. The normalized spacial score (nSPS) is 27.0. The van der Waals surface area contributed by atoms with E-state index in [1.807, 2.05) is 5.32 Å². The smallest absolute Gasteiger partial charge is 0.346 e. The molecule has 3 saturated heterocycles. The summed E-state index contributed by atoms with van der Waals surface area (Å²) < 4.78 is 38.2. The molecule has 3 aliphatic rings. The Morgan fingerprint density at radius 1 is 1.29 bits per heavy atom. The molecule has 5 rings (SSSR count). The molecule has 0 aromatic carbocycles. The van der Waals surface area contributed by atoms with Crippen molar-refractivity contribution in [3.05, 3.63) is 23.3 Å². The quantitative estimate of drug-likeness (QED) is 0.813. The van der Waals surface area contributed by atoms with E-state index < -0.39 is 12.1 Å². The van der Waals surface area contributed by atoms with Crippen molar-refractivity contribution in [3.8, 4) is 0 Å². The maximum absolute atomic E-state index is 12.7. The number of hydrogen-bond donors (Lipinski definition) is 2. The molecule has 2 bridgehead atoms. The number of hydrogen-bond acceptors (Lipinski definition) is 5. The summed E-state index contributed by atoms with van der Waals surface area (Å²) in [6.45, 7) is 4.18. The van der Waals surface area contributed by atoms with Gasteiger partial charge < -0.3 is 10.6 Å². The van der Waals surface area contributed by atoms with Crippen LogP contribution < -0.4 is 10.6 Å². The second-order valence-corrected chi connectivity index (χ2v) is 8.19. The molecular formula is C18H19F3N4O2S. The van der Waals surface area contributed by atoms with Crippen LogP contribution in [0.3, 0.4) is 0 Å². The van der Waals surface area contributed by atoms with Crippen molar-refractivity contribution in [3.63, 3.8) is 0 Å². The number of rotatable bonds is 3. The van der Waals surface area contributed by atoms with Gasteiger partial charge in [0.15, 0.2) is 0 Å². The Labute approximate surface area is 163 Å². The van der Waals surface area contributed by atoms with Crippen LogP contribution in [0.4, 0.5) is 18.9 Å². The second kappa shape index (κ2) is 7.00. The molecule has 2 atom stereocenters. The molecule has 2 amide bonds. The number of halogens is 3. The minimum atomic E-state index is -4.98. The first kappa shape index (κ1) is 19.1. The van der Waals surface area contributed by atoms with Gasteiger partial charge in [0.1, 0.15) is 5.69 Å². The summed E-state index contributed by atoms with van der Waals surface area (Å²) in [6, 6.07) is 1.70. The number of nitrogens with one attached hydrogen (secondary N) is 2. The number of alkyl halides is 3. The molecule has 3 fully saturated rings. The molecule has 2 aromatic heterocycles. The molecule has 28 heavy (non-hydrogen) atoms. The van der Waals surface area contributed by atoms with Crippen LogP contribution in [-0.4, -0.2) is 53.0 Å². The maximum atomic E-state index is 12.7. The number of amides is 2. The summed E-state index contributed by atoms with van der Waals surface area (Å²) in [4.78, 5) is 30.5. The third kappa shape index (κ3) is 3.46. The van der Waals surface area contributed by atoms with Crippen LogP contribution in [0.25, 0.3) is 10.1 Å². The molecule has 0 saturated carbocycles. The highest BCUT2D eigenvalue weighted by Gasteiger charge is 2.41. The fraction of sp³-hybridized carbons (Fsp3) is 0.500. The highest BCUT2D eigenvalue weighted by Crippen LogP contribution is 2.33. The first-order valence-corrected chi connectivity index (χ1v) is 9.92. The van der Waals surface area contributed by atoms with E-state index in [1.165, 1.54) is 17.6 Å². The molecule has 0 radical (unpaired) electrons. The summed E-state index contributed by atoms with van der Waals surface area (Å²) in [6.07, 6.45) is -1.45. The van der Waals surface area contributed by atoms with Crippen LogP contribution in [-0.2, 0) is 4.79 Å². The van der Waals surface area contributed by atoms with Crippen molar-refractivity contribution >= 4 is 38.9 Å². The Hall–Kier alpha value is -2.20. The van der Waals surface area contributed by atoms with Crippen molar-refractivity contribution in [2.24, 2.45) is 5.92 Å². The first-order valence-electron chi connectivity index (χ1n) is 9.04. The molecule has 0 aliphatic carbocycles. The van der Waals surface area contributed by atoms with Crippen LogP contribution >= 0.6 is 11.3 Å². The number of thiophene rings is 1. The third-order valence-electron chi connectivity index (χ3n) is 5.68. The van der Waals surface area contributed by atoms with Gasteiger partial charge >= 0.3 is 12.1 Å². The maximum Gasteiger partial charge on any atom is 0.471 e. The molecule has 3 aliphatic heterocycles.